The van der Waals surface area contributed by atoms with Gasteiger partial charge in [-0.25, -0.2) is 9.97 Å². The van der Waals surface area contributed by atoms with Crippen molar-refractivity contribution in [3.8, 4) is 0 Å². The summed E-state index contributed by atoms with van der Waals surface area (Å²) >= 11 is 0. The lowest BCUT2D eigenvalue weighted by molar-refractivity contribution is -0.128. The van der Waals surface area contributed by atoms with Crippen LogP contribution >= 0.6 is 0 Å². The van der Waals surface area contributed by atoms with Gasteiger partial charge in [0, 0.05) is 25.1 Å². The minimum atomic E-state index is 0.179. The molecule has 1 aromatic rings. The lowest BCUT2D eigenvalue weighted by Crippen LogP contribution is -2.24. The van der Waals surface area contributed by atoms with Gasteiger partial charge in [0.2, 0.25) is 5.91 Å². The van der Waals surface area contributed by atoms with E-state index in [1.807, 2.05) is 17.0 Å². The Labute approximate surface area is 88.7 Å². The Hall–Kier alpha value is -1.71. The van der Waals surface area contributed by atoms with Crippen LogP contribution in [-0.2, 0) is 11.3 Å². The van der Waals surface area contributed by atoms with Gasteiger partial charge in [-0.1, -0.05) is 6.08 Å². The number of amides is 1. The number of nitrogens with zero attached hydrogens (tertiary/aromatic N) is 3. The normalized spacial score (nSPS) is 20.7. The molecule has 2 heterocycles. The highest BCUT2D eigenvalue weighted by Gasteiger charge is 2.27. The summed E-state index contributed by atoms with van der Waals surface area (Å²) in [6, 6.07) is 1.83. The summed E-state index contributed by atoms with van der Waals surface area (Å²) in [4.78, 5) is 21.3. The van der Waals surface area contributed by atoms with E-state index in [0.717, 1.165) is 12.2 Å². The smallest absolute Gasteiger partial charge is 0.223 e. The van der Waals surface area contributed by atoms with E-state index >= 15 is 0 Å². The second kappa shape index (κ2) is 4.21. The number of hydrogen-bond acceptors (Lipinski definition) is 3. The average molecular weight is 203 g/mol. The number of likely N-dealkylation sites (tertiary alicyclic amines) is 1. The molecule has 0 saturated carbocycles. The molecule has 1 fully saturated rings. The first-order valence-corrected chi connectivity index (χ1v) is 4.95. The summed E-state index contributed by atoms with van der Waals surface area (Å²) in [5.74, 6) is 0.470. The van der Waals surface area contributed by atoms with Crippen molar-refractivity contribution in [2.45, 2.75) is 13.0 Å². The van der Waals surface area contributed by atoms with Crippen LogP contribution in [0.3, 0.4) is 0 Å². The van der Waals surface area contributed by atoms with E-state index in [4.69, 9.17) is 0 Å². The van der Waals surface area contributed by atoms with E-state index < -0.39 is 0 Å². The maximum absolute atomic E-state index is 11.6. The molecule has 1 aliphatic rings. The number of rotatable bonds is 3. The maximum atomic E-state index is 11.6. The molecule has 1 atom stereocenters. The predicted octanol–water partition coefficient (Wildman–Crippen LogP) is 1.01. The van der Waals surface area contributed by atoms with E-state index in [2.05, 4.69) is 16.5 Å². The number of aromatic nitrogens is 2. The van der Waals surface area contributed by atoms with Gasteiger partial charge in [0.05, 0.1) is 12.2 Å². The van der Waals surface area contributed by atoms with Crippen LogP contribution in [0, 0.1) is 5.92 Å². The molecule has 1 amide bonds. The summed E-state index contributed by atoms with van der Waals surface area (Å²) in [6.07, 6.45) is 5.61. The van der Waals surface area contributed by atoms with Crippen LogP contribution in [0.5, 0.6) is 0 Å². The van der Waals surface area contributed by atoms with Gasteiger partial charge in [-0.2, -0.15) is 0 Å². The zero-order valence-corrected chi connectivity index (χ0v) is 8.47. The molecule has 4 nitrogen and oxygen atoms in total. The van der Waals surface area contributed by atoms with Gasteiger partial charge in [-0.05, 0) is 6.07 Å². The third-order valence-electron chi connectivity index (χ3n) is 2.57. The molecule has 1 aromatic heterocycles. The fraction of sp³-hybridized carbons (Fsp3) is 0.364. The summed E-state index contributed by atoms with van der Waals surface area (Å²) in [5.41, 5.74) is 0.878. The van der Waals surface area contributed by atoms with Crippen molar-refractivity contribution in [2.24, 2.45) is 5.92 Å². The summed E-state index contributed by atoms with van der Waals surface area (Å²) < 4.78 is 0. The third-order valence-corrected chi connectivity index (χ3v) is 2.57. The van der Waals surface area contributed by atoms with Crippen molar-refractivity contribution in [1.82, 2.24) is 14.9 Å². The van der Waals surface area contributed by atoms with Gasteiger partial charge >= 0.3 is 0 Å². The number of hydrogen-bond donors (Lipinski definition) is 0. The Morgan fingerprint density at radius 1 is 1.67 bits per heavy atom. The van der Waals surface area contributed by atoms with E-state index in [9.17, 15) is 4.79 Å². The van der Waals surface area contributed by atoms with Crippen molar-refractivity contribution in [2.75, 3.05) is 6.54 Å². The number of carbonyl (C=O) groups is 1. The molecular weight excluding hydrogens is 190 g/mol. The van der Waals surface area contributed by atoms with Crippen molar-refractivity contribution in [3.05, 3.63) is 36.9 Å². The first kappa shape index (κ1) is 9.83. The van der Waals surface area contributed by atoms with Crippen LogP contribution in [0.4, 0.5) is 0 Å². The van der Waals surface area contributed by atoms with Crippen molar-refractivity contribution >= 4 is 5.91 Å². The lowest BCUT2D eigenvalue weighted by atomic mass is 10.1. The van der Waals surface area contributed by atoms with Gasteiger partial charge in [-0.15, -0.1) is 6.58 Å². The van der Waals surface area contributed by atoms with Crippen LogP contribution < -0.4 is 0 Å². The highest BCUT2D eigenvalue weighted by Crippen LogP contribution is 2.19. The fourth-order valence-corrected chi connectivity index (χ4v) is 1.72. The minimum Gasteiger partial charge on any atom is -0.336 e. The second-order valence-corrected chi connectivity index (χ2v) is 3.67. The first-order valence-electron chi connectivity index (χ1n) is 4.95. The zero-order chi connectivity index (χ0) is 10.7. The molecule has 0 radical (unpaired) electrons. The van der Waals surface area contributed by atoms with Crippen molar-refractivity contribution < 1.29 is 4.79 Å². The molecule has 0 aliphatic carbocycles. The Morgan fingerprint density at radius 2 is 2.53 bits per heavy atom. The van der Waals surface area contributed by atoms with Crippen LogP contribution in [0.2, 0.25) is 0 Å². The second-order valence-electron chi connectivity index (χ2n) is 3.67. The zero-order valence-electron chi connectivity index (χ0n) is 8.47. The molecule has 1 saturated heterocycles. The molecule has 0 aromatic carbocycles. The highest BCUT2D eigenvalue weighted by atomic mass is 16.2. The van der Waals surface area contributed by atoms with E-state index in [1.165, 1.54) is 6.33 Å². The SMILES string of the molecule is C=CC1CC(=O)N(Cc2ccncn2)C1. The topological polar surface area (TPSA) is 46.1 Å². The molecule has 0 N–H and O–H groups in total. The third kappa shape index (κ3) is 2.21. The highest BCUT2D eigenvalue weighted by molar-refractivity contribution is 5.78. The Kier molecular flexibility index (Phi) is 2.76. The molecular formula is C11H13N3O. The molecule has 15 heavy (non-hydrogen) atoms. The summed E-state index contributed by atoms with van der Waals surface area (Å²) in [5, 5.41) is 0. The van der Waals surface area contributed by atoms with E-state index in [1.54, 1.807) is 6.20 Å². The van der Waals surface area contributed by atoms with Gasteiger partial charge < -0.3 is 4.90 Å². The van der Waals surface area contributed by atoms with E-state index in [0.29, 0.717) is 18.9 Å². The maximum Gasteiger partial charge on any atom is 0.223 e. The number of carbonyl (C=O) groups excluding carboxylic acids is 1. The van der Waals surface area contributed by atoms with Crippen molar-refractivity contribution in [1.29, 1.82) is 0 Å². The standard InChI is InChI=1S/C11H13N3O/c1-2-9-5-11(15)14(6-9)7-10-3-4-12-8-13-10/h2-4,8-9H,1,5-7H2. The fourth-order valence-electron chi connectivity index (χ4n) is 1.72. The molecule has 2 rings (SSSR count). The molecule has 0 bridgehead atoms. The van der Waals surface area contributed by atoms with Crippen molar-refractivity contribution in [3.63, 3.8) is 0 Å². The average Bonchev–Trinajstić information content (AvgIpc) is 2.61. The van der Waals surface area contributed by atoms with E-state index in [-0.39, 0.29) is 5.91 Å². The largest absolute Gasteiger partial charge is 0.336 e. The quantitative estimate of drug-likeness (QED) is 0.689. The summed E-state index contributed by atoms with van der Waals surface area (Å²) in [7, 11) is 0. The van der Waals surface area contributed by atoms with Gasteiger partial charge in [0.25, 0.3) is 0 Å². The predicted molar refractivity (Wildman–Crippen MR) is 55.8 cm³/mol. The Bertz CT molecular complexity index is 363. The van der Waals surface area contributed by atoms with Crippen LogP contribution in [0.15, 0.2) is 31.2 Å². The molecule has 78 valence electrons. The first-order chi connectivity index (χ1) is 7.29. The molecule has 0 spiro atoms. The van der Waals surface area contributed by atoms with Crippen LogP contribution in [-0.4, -0.2) is 27.3 Å². The summed E-state index contributed by atoms with van der Waals surface area (Å²) in [6.45, 7) is 5.05. The van der Waals surface area contributed by atoms with Crippen LogP contribution in [0.25, 0.3) is 0 Å². The molecule has 1 unspecified atom stereocenters. The van der Waals surface area contributed by atoms with Gasteiger partial charge in [0.1, 0.15) is 6.33 Å². The molecule has 1 aliphatic heterocycles. The Morgan fingerprint density at radius 3 is 3.13 bits per heavy atom. The molecule has 4 heteroatoms. The monoisotopic (exact) mass is 203 g/mol. The van der Waals surface area contributed by atoms with Gasteiger partial charge in [-0.3, -0.25) is 4.79 Å². The Balaban J connectivity index is 2.01. The van der Waals surface area contributed by atoms with Gasteiger partial charge in [0.15, 0.2) is 0 Å². The minimum absolute atomic E-state index is 0.179. The lowest BCUT2D eigenvalue weighted by Gasteiger charge is -2.14. The van der Waals surface area contributed by atoms with Crippen LogP contribution in [0.1, 0.15) is 12.1 Å².